The first-order valence-corrected chi connectivity index (χ1v) is 7.46. The third-order valence-electron chi connectivity index (χ3n) is 4.25. The number of nitrogens with one attached hydrogen (secondary N) is 1. The third kappa shape index (κ3) is 2.91. The number of piperidine rings is 1. The molecule has 0 bridgehead atoms. The Morgan fingerprint density at radius 2 is 1.84 bits per heavy atom. The van der Waals surface area contributed by atoms with Gasteiger partial charge in [0.2, 0.25) is 5.91 Å². The van der Waals surface area contributed by atoms with Crippen molar-refractivity contribution in [3.63, 3.8) is 0 Å². The van der Waals surface area contributed by atoms with Crippen LogP contribution in [0.2, 0.25) is 0 Å². The second kappa shape index (κ2) is 5.64. The number of aryl methyl sites for hydroxylation is 2. The van der Waals surface area contributed by atoms with Gasteiger partial charge in [-0.15, -0.1) is 0 Å². The average Bonchev–Trinajstić information content (AvgIpc) is 2.93. The van der Waals surface area contributed by atoms with Gasteiger partial charge in [-0.05, 0) is 61.8 Å². The first-order valence-electron chi connectivity index (χ1n) is 7.46. The van der Waals surface area contributed by atoms with Gasteiger partial charge in [-0.1, -0.05) is 6.07 Å². The van der Waals surface area contributed by atoms with Crippen LogP contribution in [0.25, 0.3) is 0 Å². The molecule has 3 rings (SSSR count). The van der Waals surface area contributed by atoms with Crippen LogP contribution in [0, 0.1) is 0 Å². The quantitative estimate of drug-likeness (QED) is 0.904. The van der Waals surface area contributed by atoms with E-state index in [0.717, 1.165) is 31.6 Å². The predicted octanol–water partition coefficient (Wildman–Crippen LogP) is 2.60. The number of likely N-dealkylation sites (tertiary alicyclic amines) is 1. The first kappa shape index (κ1) is 12.5. The molecule has 1 amide bonds. The highest BCUT2D eigenvalue weighted by Gasteiger charge is 2.16. The van der Waals surface area contributed by atoms with Crippen LogP contribution in [-0.2, 0) is 17.6 Å². The maximum Gasteiger partial charge on any atom is 0.241 e. The number of hydrogen-bond acceptors (Lipinski definition) is 2. The molecule has 0 saturated carbocycles. The molecule has 0 unspecified atom stereocenters. The molecule has 1 heterocycles. The molecule has 3 heteroatoms. The van der Waals surface area contributed by atoms with Gasteiger partial charge in [0.1, 0.15) is 0 Å². The normalized spacial score (nSPS) is 18.2. The third-order valence-corrected chi connectivity index (χ3v) is 4.25. The van der Waals surface area contributed by atoms with Crippen molar-refractivity contribution in [2.45, 2.75) is 38.5 Å². The van der Waals surface area contributed by atoms with Crippen LogP contribution >= 0.6 is 0 Å². The van der Waals surface area contributed by atoms with Crippen molar-refractivity contribution in [1.82, 2.24) is 4.90 Å². The van der Waals surface area contributed by atoms with E-state index < -0.39 is 0 Å². The van der Waals surface area contributed by atoms with Gasteiger partial charge in [-0.2, -0.15) is 0 Å². The lowest BCUT2D eigenvalue weighted by atomic mass is 10.1. The van der Waals surface area contributed by atoms with Crippen molar-refractivity contribution in [1.29, 1.82) is 0 Å². The van der Waals surface area contributed by atoms with Crippen molar-refractivity contribution < 1.29 is 4.79 Å². The molecule has 1 fully saturated rings. The summed E-state index contributed by atoms with van der Waals surface area (Å²) in [7, 11) is 0. The summed E-state index contributed by atoms with van der Waals surface area (Å²) in [6, 6.07) is 6.52. The van der Waals surface area contributed by atoms with Crippen LogP contribution < -0.4 is 5.32 Å². The second-order valence-electron chi connectivity index (χ2n) is 5.63. The van der Waals surface area contributed by atoms with Gasteiger partial charge in [0, 0.05) is 18.8 Å². The summed E-state index contributed by atoms with van der Waals surface area (Å²) in [5.74, 6) is 0.236. The van der Waals surface area contributed by atoms with Gasteiger partial charge >= 0.3 is 0 Å². The van der Waals surface area contributed by atoms with Crippen molar-refractivity contribution in [2.75, 3.05) is 25.0 Å². The monoisotopic (exact) mass is 258 g/mol. The summed E-state index contributed by atoms with van der Waals surface area (Å²) in [6.45, 7) is 2.30. The van der Waals surface area contributed by atoms with Gasteiger partial charge in [-0.25, -0.2) is 0 Å². The van der Waals surface area contributed by atoms with E-state index in [9.17, 15) is 4.79 Å². The second-order valence-corrected chi connectivity index (χ2v) is 5.63. The lowest BCUT2D eigenvalue weighted by molar-refractivity contribution is -0.130. The summed E-state index contributed by atoms with van der Waals surface area (Å²) in [4.78, 5) is 14.1. The van der Waals surface area contributed by atoms with Gasteiger partial charge < -0.3 is 10.2 Å². The molecule has 1 aliphatic heterocycles. The number of nitrogens with zero attached hydrogens (tertiary/aromatic N) is 1. The van der Waals surface area contributed by atoms with Crippen LogP contribution in [-0.4, -0.2) is 30.4 Å². The van der Waals surface area contributed by atoms with E-state index in [4.69, 9.17) is 0 Å². The molecule has 102 valence electrons. The van der Waals surface area contributed by atoms with E-state index >= 15 is 0 Å². The summed E-state index contributed by atoms with van der Waals surface area (Å²) in [5.41, 5.74) is 4.02. The van der Waals surface area contributed by atoms with Gasteiger partial charge in [0.05, 0.1) is 6.54 Å². The van der Waals surface area contributed by atoms with Gasteiger partial charge in [0.25, 0.3) is 0 Å². The minimum atomic E-state index is 0.236. The zero-order valence-electron chi connectivity index (χ0n) is 11.5. The average molecular weight is 258 g/mol. The lowest BCUT2D eigenvalue weighted by Gasteiger charge is -2.27. The summed E-state index contributed by atoms with van der Waals surface area (Å²) < 4.78 is 0. The highest BCUT2D eigenvalue weighted by Crippen LogP contribution is 2.24. The minimum absolute atomic E-state index is 0.236. The van der Waals surface area contributed by atoms with E-state index in [1.54, 1.807) is 0 Å². The zero-order valence-corrected chi connectivity index (χ0v) is 11.5. The SMILES string of the molecule is O=C(CNc1ccc2c(c1)CCC2)N1CCCCC1. The maximum atomic E-state index is 12.1. The Morgan fingerprint density at radius 1 is 1.05 bits per heavy atom. The molecule has 1 N–H and O–H groups in total. The number of carbonyl (C=O) groups excluding carboxylic acids is 1. The van der Waals surface area contributed by atoms with Gasteiger partial charge in [-0.3, -0.25) is 4.79 Å². The molecule has 0 spiro atoms. The van der Waals surface area contributed by atoms with E-state index in [2.05, 4.69) is 23.5 Å². The van der Waals surface area contributed by atoms with E-state index in [1.807, 2.05) is 4.90 Å². The molecule has 0 atom stereocenters. The number of carbonyl (C=O) groups is 1. The molecule has 19 heavy (non-hydrogen) atoms. The fourth-order valence-electron chi connectivity index (χ4n) is 3.11. The van der Waals surface area contributed by atoms with E-state index in [-0.39, 0.29) is 5.91 Å². The molecule has 3 nitrogen and oxygen atoms in total. The predicted molar refractivity (Wildman–Crippen MR) is 77.4 cm³/mol. The number of fused-ring (bicyclic) bond motifs is 1. The van der Waals surface area contributed by atoms with Gasteiger partial charge in [0.15, 0.2) is 0 Å². The highest BCUT2D eigenvalue weighted by molar-refractivity contribution is 5.81. The Kier molecular flexibility index (Phi) is 3.72. The molecular formula is C16H22N2O. The van der Waals surface area contributed by atoms with Crippen molar-refractivity contribution in [3.8, 4) is 0 Å². The molecule has 1 aliphatic carbocycles. The standard InChI is InChI=1S/C16H22N2O/c19-16(18-9-2-1-3-10-18)12-17-15-8-7-13-5-4-6-14(13)11-15/h7-8,11,17H,1-6,9-10,12H2. The summed E-state index contributed by atoms with van der Waals surface area (Å²) >= 11 is 0. The number of rotatable bonds is 3. The fraction of sp³-hybridized carbons (Fsp3) is 0.562. The Bertz CT molecular complexity index is 464. The Labute approximate surface area is 115 Å². The fourth-order valence-corrected chi connectivity index (χ4v) is 3.11. The Balaban J connectivity index is 1.55. The highest BCUT2D eigenvalue weighted by atomic mass is 16.2. The number of anilines is 1. The van der Waals surface area contributed by atoms with Crippen LogP contribution in [0.5, 0.6) is 0 Å². The first-order chi connectivity index (χ1) is 9.33. The van der Waals surface area contributed by atoms with E-state index in [0.29, 0.717) is 6.54 Å². The molecule has 0 radical (unpaired) electrons. The van der Waals surface area contributed by atoms with E-state index in [1.165, 1.54) is 36.8 Å². The molecule has 1 aromatic rings. The van der Waals surface area contributed by atoms with Crippen LogP contribution in [0.1, 0.15) is 36.8 Å². The van der Waals surface area contributed by atoms with Crippen LogP contribution in [0.4, 0.5) is 5.69 Å². The smallest absolute Gasteiger partial charge is 0.241 e. The van der Waals surface area contributed by atoms with Crippen LogP contribution in [0.15, 0.2) is 18.2 Å². The van der Waals surface area contributed by atoms with Crippen molar-refractivity contribution in [2.24, 2.45) is 0 Å². The lowest BCUT2D eigenvalue weighted by Crippen LogP contribution is -2.39. The number of hydrogen-bond donors (Lipinski definition) is 1. The number of amides is 1. The van der Waals surface area contributed by atoms with Crippen molar-refractivity contribution >= 4 is 11.6 Å². The largest absolute Gasteiger partial charge is 0.376 e. The topological polar surface area (TPSA) is 32.3 Å². The minimum Gasteiger partial charge on any atom is -0.376 e. The summed E-state index contributed by atoms with van der Waals surface area (Å²) in [5, 5.41) is 3.28. The molecule has 2 aliphatic rings. The maximum absolute atomic E-state index is 12.1. The molecule has 1 aromatic carbocycles. The number of benzene rings is 1. The zero-order chi connectivity index (χ0) is 13.1. The van der Waals surface area contributed by atoms with Crippen molar-refractivity contribution in [3.05, 3.63) is 29.3 Å². The Morgan fingerprint density at radius 3 is 2.68 bits per heavy atom. The summed E-state index contributed by atoms with van der Waals surface area (Å²) in [6.07, 6.45) is 7.25. The van der Waals surface area contributed by atoms with Crippen LogP contribution in [0.3, 0.4) is 0 Å². The molecule has 1 saturated heterocycles. The molecule has 0 aromatic heterocycles. The Hall–Kier alpha value is -1.51. The molecular weight excluding hydrogens is 236 g/mol.